The van der Waals surface area contributed by atoms with Crippen LogP contribution in [0, 0.1) is 5.41 Å². The van der Waals surface area contributed by atoms with Crippen LogP contribution in [0.1, 0.15) is 48.9 Å². The molecule has 1 heterocycles. The zero-order valence-electron chi connectivity index (χ0n) is 11.9. The van der Waals surface area contributed by atoms with Gasteiger partial charge in [-0.1, -0.05) is 25.7 Å². The van der Waals surface area contributed by atoms with Gasteiger partial charge >= 0.3 is 5.97 Å². The predicted molar refractivity (Wildman–Crippen MR) is 80.7 cm³/mol. The van der Waals surface area contributed by atoms with E-state index in [-0.39, 0.29) is 16.9 Å². The third kappa shape index (κ3) is 2.60. The van der Waals surface area contributed by atoms with Crippen LogP contribution >= 0.6 is 0 Å². The van der Waals surface area contributed by atoms with Gasteiger partial charge < -0.3 is 15.7 Å². The van der Waals surface area contributed by atoms with Crippen molar-refractivity contribution in [3.8, 4) is 0 Å². The quantitative estimate of drug-likeness (QED) is 0.742. The molecule has 1 aromatic rings. The first kappa shape index (κ1) is 13.9. The number of rotatable bonds is 1. The number of hydrogen-bond acceptors (Lipinski definition) is 3. The molecular weight excluding hydrogens is 268 g/mol. The van der Waals surface area contributed by atoms with Crippen LogP contribution < -0.4 is 10.6 Å². The molecule has 0 unspecified atom stereocenters. The van der Waals surface area contributed by atoms with Crippen LogP contribution in [0.2, 0.25) is 0 Å². The standard InChI is InChI=1S/C16H20N2O3/c19-14(20)11-5-6-12-13(9-11)18-15(21)16(10-17-12)7-3-1-2-4-8-16/h5-6,9,17H,1-4,7-8,10H2,(H,18,21)(H,19,20). The fourth-order valence-electron chi connectivity index (χ4n) is 3.34. The van der Waals surface area contributed by atoms with Crippen LogP contribution in [0.25, 0.3) is 0 Å². The van der Waals surface area contributed by atoms with Crippen molar-refractivity contribution in [3.63, 3.8) is 0 Å². The average Bonchev–Trinajstić information content (AvgIpc) is 2.78. The number of fused-ring (bicyclic) bond motifs is 1. The van der Waals surface area contributed by atoms with E-state index in [9.17, 15) is 9.59 Å². The minimum Gasteiger partial charge on any atom is -0.478 e. The second-order valence-electron chi connectivity index (χ2n) is 6.07. The summed E-state index contributed by atoms with van der Waals surface area (Å²) in [4.78, 5) is 23.8. The van der Waals surface area contributed by atoms with Crippen molar-refractivity contribution in [2.75, 3.05) is 17.2 Å². The van der Waals surface area contributed by atoms with Crippen molar-refractivity contribution in [2.45, 2.75) is 38.5 Å². The van der Waals surface area contributed by atoms with Gasteiger partial charge in [-0.2, -0.15) is 0 Å². The monoisotopic (exact) mass is 288 g/mol. The Morgan fingerprint density at radius 2 is 1.81 bits per heavy atom. The SMILES string of the molecule is O=C(O)c1ccc2c(c1)NC(=O)C1(CCCCCC1)CN2. The Kier molecular flexibility index (Phi) is 3.57. The molecule has 5 heteroatoms. The zero-order chi connectivity index (χ0) is 14.9. The zero-order valence-corrected chi connectivity index (χ0v) is 11.9. The summed E-state index contributed by atoms with van der Waals surface area (Å²) in [7, 11) is 0. The Bertz CT molecular complexity index is 575. The van der Waals surface area contributed by atoms with Crippen LogP contribution in [-0.4, -0.2) is 23.5 Å². The molecule has 3 N–H and O–H groups in total. The lowest BCUT2D eigenvalue weighted by atomic mass is 9.79. The summed E-state index contributed by atoms with van der Waals surface area (Å²) in [6.07, 6.45) is 6.31. The number of benzene rings is 1. The predicted octanol–water partition coefficient (Wildman–Crippen LogP) is 3.09. The summed E-state index contributed by atoms with van der Waals surface area (Å²) < 4.78 is 0. The molecule has 1 amide bonds. The third-order valence-corrected chi connectivity index (χ3v) is 4.67. The molecule has 3 rings (SSSR count). The van der Waals surface area contributed by atoms with Crippen LogP contribution in [0.3, 0.4) is 0 Å². The number of nitrogens with one attached hydrogen (secondary N) is 2. The molecule has 1 aromatic carbocycles. The topological polar surface area (TPSA) is 78.4 Å². The van der Waals surface area contributed by atoms with Crippen LogP contribution in [0.15, 0.2) is 18.2 Å². The van der Waals surface area contributed by atoms with Gasteiger partial charge in [-0.3, -0.25) is 4.79 Å². The lowest BCUT2D eigenvalue weighted by Crippen LogP contribution is -2.39. The molecule has 0 radical (unpaired) electrons. The highest BCUT2D eigenvalue weighted by Crippen LogP contribution is 2.40. The summed E-state index contributed by atoms with van der Waals surface area (Å²) in [5.74, 6) is -0.960. The second kappa shape index (κ2) is 5.39. The highest BCUT2D eigenvalue weighted by Gasteiger charge is 2.40. The van der Waals surface area contributed by atoms with Crippen molar-refractivity contribution >= 4 is 23.3 Å². The van der Waals surface area contributed by atoms with E-state index in [2.05, 4.69) is 10.6 Å². The molecule has 0 atom stereocenters. The molecule has 5 nitrogen and oxygen atoms in total. The lowest BCUT2D eigenvalue weighted by molar-refractivity contribution is -0.125. The van der Waals surface area contributed by atoms with E-state index in [1.165, 1.54) is 18.9 Å². The summed E-state index contributed by atoms with van der Waals surface area (Å²) in [5.41, 5.74) is 1.20. The molecule has 1 saturated carbocycles. The maximum atomic E-state index is 12.7. The van der Waals surface area contributed by atoms with Crippen LogP contribution in [-0.2, 0) is 4.79 Å². The summed E-state index contributed by atoms with van der Waals surface area (Å²) >= 11 is 0. The van der Waals surface area contributed by atoms with Gasteiger partial charge in [0.2, 0.25) is 5.91 Å². The van der Waals surface area contributed by atoms with E-state index in [1.807, 2.05) is 0 Å². The number of carbonyl (C=O) groups is 2. The molecule has 0 saturated heterocycles. The van der Waals surface area contributed by atoms with Gasteiger partial charge in [0.05, 0.1) is 22.4 Å². The number of anilines is 2. The van der Waals surface area contributed by atoms with Crippen molar-refractivity contribution in [1.29, 1.82) is 0 Å². The molecule has 21 heavy (non-hydrogen) atoms. The van der Waals surface area contributed by atoms with Gasteiger partial charge in [0, 0.05) is 6.54 Å². The molecule has 1 aliphatic carbocycles. The van der Waals surface area contributed by atoms with Gasteiger partial charge in [0.15, 0.2) is 0 Å². The molecular formula is C16H20N2O3. The first-order chi connectivity index (χ1) is 10.1. The maximum absolute atomic E-state index is 12.7. The first-order valence-corrected chi connectivity index (χ1v) is 7.53. The van der Waals surface area contributed by atoms with Crippen LogP contribution in [0.4, 0.5) is 11.4 Å². The highest BCUT2D eigenvalue weighted by atomic mass is 16.4. The lowest BCUT2D eigenvalue weighted by Gasteiger charge is -2.29. The fourth-order valence-corrected chi connectivity index (χ4v) is 3.34. The van der Waals surface area contributed by atoms with E-state index in [0.717, 1.165) is 31.4 Å². The van der Waals surface area contributed by atoms with Crippen molar-refractivity contribution in [3.05, 3.63) is 23.8 Å². The number of hydrogen-bond donors (Lipinski definition) is 3. The minimum absolute atomic E-state index is 0.0261. The Morgan fingerprint density at radius 1 is 1.10 bits per heavy atom. The number of carbonyl (C=O) groups excluding carboxylic acids is 1. The smallest absolute Gasteiger partial charge is 0.335 e. The normalized spacial score (nSPS) is 20.7. The first-order valence-electron chi connectivity index (χ1n) is 7.53. The molecule has 1 aliphatic heterocycles. The molecule has 0 bridgehead atoms. The van der Waals surface area contributed by atoms with Crippen LogP contribution in [0.5, 0.6) is 0 Å². The van der Waals surface area contributed by atoms with Crippen molar-refractivity contribution in [2.24, 2.45) is 5.41 Å². The fraction of sp³-hybridized carbons (Fsp3) is 0.500. The van der Waals surface area contributed by atoms with Gasteiger partial charge in [-0.25, -0.2) is 4.79 Å². The Morgan fingerprint density at radius 3 is 2.48 bits per heavy atom. The molecule has 112 valence electrons. The summed E-state index contributed by atoms with van der Waals surface area (Å²) in [6, 6.07) is 4.82. The Hall–Kier alpha value is -2.04. The molecule has 2 aliphatic rings. The molecule has 1 fully saturated rings. The van der Waals surface area contributed by atoms with Gasteiger partial charge in [-0.05, 0) is 31.0 Å². The van der Waals surface area contributed by atoms with Gasteiger partial charge in [-0.15, -0.1) is 0 Å². The van der Waals surface area contributed by atoms with Gasteiger partial charge in [0.25, 0.3) is 0 Å². The molecule has 0 aromatic heterocycles. The van der Waals surface area contributed by atoms with E-state index >= 15 is 0 Å². The van der Waals surface area contributed by atoms with Crippen molar-refractivity contribution < 1.29 is 14.7 Å². The number of aromatic carboxylic acids is 1. The average molecular weight is 288 g/mol. The van der Waals surface area contributed by atoms with E-state index < -0.39 is 5.97 Å². The van der Waals surface area contributed by atoms with Gasteiger partial charge in [0.1, 0.15) is 0 Å². The summed E-state index contributed by atoms with van der Waals surface area (Å²) in [5, 5.41) is 15.3. The molecule has 1 spiro atoms. The Balaban J connectivity index is 1.91. The number of carboxylic acids is 1. The van der Waals surface area contributed by atoms with E-state index in [0.29, 0.717) is 12.2 Å². The van der Waals surface area contributed by atoms with E-state index in [4.69, 9.17) is 5.11 Å². The maximum Gasteiger partial charge on any atom is 0.335 e. The minimum atomic E-state index is -0.986. The third-order valence-electron chi connectivity index (χ3n) is 4.67. The van der Waals surface area contributed by atoms with Crippen molar-refractivity contribution in [1.82, 2.24) is 0 Å². The Labute approximate surface area is 123 Å². The van der Waals surface area contributed by atoms with E-state index in [1.54, 1.807) is 12.1 Å². The number of carboxylic acid groups (broad SMARTS) is 1. The summed E-state index contributed by atoms with van der Waals surface area (Å²) in [6.45, 7) is 0.623. The second-order valence-corrected chi connectivity index (χ2v) is 6.07. The number of amides is 1. The highest BCUT2D eigenvalue weighted by molar-refractivity contribution is 6.01. The largest absolute Gasteiger partial charge is 0.478 e.